The lowest BCUT2D eigenvalue weighted by atomic mass is 10.2. The lowest BCUT2D eigenvalue weighted by molar-refractivity contribution is 0.0646. The Kier molecular flexibility index (Phi) is 3.61. The zero-order chi connectivity index (χ0) is 14.2. The number of carbonyl (C=O) groups is 1. The van der Waals surface area contributed by atoms with E-state index in [0.29, 0.717) is 0 Å². The van der Waals surface area contributed by atoms with Gasteiger partial charge in [0.1, 0.15) is 5.82 Å². The molecule has 1 aromatic heterocycles. The summed E-state index contributed by atoms with van der Waals surface area (Å²) < 4.78 is 43.8. The lowest BCUT2D eigenvalue weighted by Crippen LogP contribution is -1.99. The second kappa shape index (κ2) is 5.04. The quantitative estimate of drug-likeness (QED) is 0.924. The van der Waals surface area contributed by atoms with Crippen molar-refractivity contribution in [3.63, 3.8) is 0 Å². The molecule has 0 unspecified atom stereocenters. The Morgan fingerprint density at radius 1 is 1.42 bits per heavy atom. The van der Waals surface area contributed by atoms with Crippen molar-refractivity contribution in [1.29, 1.82) is 0 Å². The Labute approximate surface area is 113 Å². The summed E-state index contributed by atoms with van der Waals surface area (Å²) in [7, 11) is 0. The molecule has 0 aliphatic heterocycles. The second-order valence-electron chi connectivity index (χ2n) is 3.44. The number of aromatic carboxylic acids is 1. The summed E-state index contributed by atoms with van der Waals surface area (Å²) in [6.45, 7) is 0. The molecule has 1 N–H and O–H groups in total. The van der Waals surface area contributed by atoms with Crippen LogP contribution in [0, 0.1) is 5.82 Å². The molecule has 0 radical (unpaired) electrons. The SMILES string of the molecule is O=C(O)c1oc(-c2c(F)cccc2Br)nc1C(F)F. The Hall–Kier alpha value is -1.83. The summed E-state index contributed by atoms with van der Waals surface area (Å²) >= 11 is 3.02. The monoisotopic (exact) mass is 335 g/mol. The highest BCUT2D eigenvalue weighted by molar-refractivity contribution is 9.10. The zero-order valence-electron chi connectivity index (χ0n) is 9.03. The van der Waals surface area contributed by atoms with Crippen molar-refractivity contribution in [3.05, 3.63) is 39.9 Å². The summed E-state index contributed by atoms with van der Waals surface area (Å²) in [5, 5.41) is 8.74. The number of hydrogen-bond donors (Lipinski definition) is 1. The highest BCUT2D eigenvalue weighted by Gasteiger charge is 2.28. The van der Waals surface area contributed by atoms with E-state index in [1.807, 2.05) is 0 Å². The van der Waals surface area contributed by atoms with E-state index in [9.17, 15) is 18.0 Å². The summed E-state index contributed by atoms with van der Waals surface area (Å²) in [5.41, 5.74) is -1.24. The molecule has 0 saturated heterocycles. The van der Waals surface area contributed by atoms with E-state index in [-0.39, 0.29) is 10.0 Å². The number of rotatable bonds is 3. The fourth-order valence-corrected chi connectivity index (χ4v) is 1.95. The van der Waals surface area contributed by atoms with Gasteiger partial charge >= 0.3 is 5.97 Å². The van der Waals surface area contributed by atoms with Crippen LogP contribution < -0.4 is 0 Å². The van der Waals surface area contributed by atoms with Crippen molar-refractivity contribution >= 4 is 21.9 Å². The van der Waals surface area contributed by atoms with E-state index in [1.165, 1.54) is 12.1 Å². The maximum atomic E-state index is 13.6. The van der Waals surface area contributed by atoms with Crippen molar-refractivity contribution in [3.8, 4) is 11.5 Å². The number of carboxylic acid groups (broad SMARTS) is 1. The first-order valence-electron chi connectivity index (χ1n) is 4.88. The molecule has 2 rings (SSSR count). The number of nitrogens with zero attached hydrogens (tertiary/aromatic N) is 1. The van der Waals surface area contributed by atoms with Gasteiger partial charge in [-0.3, -0.25) is 0 Å². The average molecular weight is 336 g/mol. The van der Waals surface area contributed by atoms with Crippen molar-refractivity contribution in [2.75, 3.05) is 0 Å². The number of alkyl halides is 2. The molecule has 0 fully saturated rings. The minimum absolute atomic E-state index is 0.211. The Balaban J connectivity index is 2.64. The van der Waals surface area contributed by atoms with Gasteiger partial charge in [0.15, 0.2) is 5.69 Å². The van der Waals surface area contributed by atoms with Crippen molar-refractivity contribution in [2.24, 2.45) is 0 Å². The zero-order valence-corrected chi connectivity index (χ0v) is 10.6. The van der Waals surface area contributed by atoms with Gasteiger partial charge in [0.25, 0.3) is 6.43 Å². The fraction of sp³-hybridized carbons (Fsp3) is 0.0909. The third kappa shape index (κ3) is 2.48. The second-order valence-corrected chi connectivity index (χ2v) is 4.29. The largest absolute Gasteiger partial charge is 0.475 e. The average Bonchev–Trinajstić information content (AvgIpc) is 2.73. The predicted molar refractivity (Wildman–Crippen MR) is 61.5 cm³/mol. The number of oxazole rings is 1. The van der Waals surface area contributed by atoms with Crippen LogP contribution in [0.3, 0.4) is 0 Å². The maximum absolute atomic E-state index is 13.6. The minimum Gasteiger partial charge on any atom is -0.475 e. The van der Waals surface area contributed by atoms with Gasteiger partial charge in [-0.15, -0.1) is 0 Å². The van der Waals surface area contributed by atoms with E-state index in [2.05, 4.69) is 20.9 Å². The molecular weight excluding hydrogens is 331 g/mol. The fourth-order valence-electron chi connectivity index (χ4n) is 1.44. The topological polar surface area (TPSA) is 63.3 Å². The van der Waals surface area contributed by atoms with Gasteiger partial charge in [0.05, 0.1) is 5.56 Å². The van der Waals surface area contributed by atoms with Crippen LogP contribution in [0.2, 0.25) is 0 Å². The van der Waals surface area contributed by atoms with E-state index in [4.69, 9.17) is 9.52 Å². The molecule has 100 valence electrons. The van der Waals surface area contributed by atoms with Crippen LogP contribution in [0.5, 0.6) is 0 Å². The summed E-state index contributed by atoms with van der Waals surface area (Å²) in [5.74, 6) is -3.98. The summed E-state index contributed by atoms with van der Waals surface area (Å²) in [4.78, 5) is 14.1. The number of halogens is 4. The normalized spacial score (nSPS) is 11.0. The third-order valence-corrected chi connectivity index (χ3v) is 2.89. The minimum atomic E-state index is -3.13. The first-order valence-corrected chi connectivity index (χ1v) is 5.67. The molecule has 0 bridgehead atoms. The van der Waals surface area contributed by atoms with E-state index < -0.39 is 35.6 Å². The molecule has 0 saturated carbocycles. The number of hydrogen-bond acceptors (Lipinski definition) is 3. The molecule has 4 nitrogen and oxygen atoms in total. The maximum Gasteiger partial charge on any atom is 0.374 e. The van der Waals surface area contributed by atoms with Crippen molar-refractivity contribution in [2.45, 2.75) is 6.43 Å². The van der Waals surface area contributed by atoms with Gasteiger partial charge in [-0.05, 0) is 28.1 Å². The molecular formula is C11H5BrF3NO3. The molecule has 0 aliphatic carbocycles. The van der Waals surface area contributed by atoms with E-state index in [1.54, 1.807) is 0 Å². The van der Waals surface area contributed by atoms with Crippen LogP contribution in [0.4, 0.5) is 13.2 Å². The first kappa shape index (κ1) is 13.6. The third-order valence-electron chi connectivity index (χ3n) is 2.23. The van der Waals surface area contributed by atoms with Crippen LogP contribution in [0.15, 0.2) is 27.1 Å². The number of benzene rings is 1. The summed E-state index contributed by atoms with van der Waals surface area (Å²) in [6.07, 6.45) is -3.13. The van der Waals surface area contributed by atoms with Gasteiger partial charge < -0.3 is 9.52 Å². The molecule has 2 aromatic rings. The molecule has 0 amide bonds. The van der Waals surface area contributed by atoms with Gasteiger partial charge in [-0.2, -0.15) is 0 Å². The Morgan fingerprint density at radius 3 is 2.58 bits per heavy atom. The van der Waals surface area contributed by atoms with Crippen LogP contribution in [0.1, 0.15) is 22.7 Å². The molecule has 0 atom stereocenters. The Bertz CT molecular complexity index is 622. The standard InChI is InChI=1S/C11H5BrF3NO3/c12-4-2-1-3-5(13)6(4)10-16-7(9(14)15)8(19-10)11(17)18/h1-3,9H,(H,17,18). The lowest BCUT2D eigenvalue weighted by Gasteiger charge is -2.00. The molecule has 0 aliphatic rings. The molecule has 19 heavy (non-hydrogen) atoms. The first-order chi connectivity index (χ1) is 8.91. The predicted octanol–water partition coefficient (Wildman–Crippen LogP) is 3.88. The highest BCUT2D eigenvalue weighted by atomic mass is 79.9. The van der Waals surface area contributed by atoms with Crippen LogP contribution in [-0.2, 0) is 0 Å². The van der Waals surface area contributed by atoms with Crippen LogP contribution in [-0.4, -0.2) is 16.1 Å². The van der Waals surface area contributed by atoms with Gasteiger partial charge in [0.2, 0.25) is 11.7 Å². The van der Waals surface area contributed by atoms with Gasteiger partial charge in [-0.1, -0.05) is 6.07 Å². The summed E-state index contributed by atoms with van der Waals surface area (Å²) in [6, 6.07) is 3.91. The molecule has 1 aromatic carbocycles. The van der Waals surface area contributed by atoms with Gasteiger partial charge in [0, 0.05) is 4.47 Å². The number of aromatic nitrogens is 1. The number of carboxylic acids is 1. The molecule has 8 heteroatoms. The molecule has 0 spiro atoms. The van der Waals surface area contributed by atoms with E-state index in [0.717, 1.165) is 6.07 Å². The van der Waals surface area contributed by atoms with Crippen molar-refractivity contribution in [1.82, 2.24) is 4.98 Å². The van der Waals surface area contributed by atoms with E-state index >= 15 is 0 Å². The van der Waals surface area contributed by atoms with Crippen LogP contribution >= 0.6 is 15.9 Å². The smallest absolute Gasteiger partial charge is 0.374 e. The Morgan fingerprint density at radius 2 is 2.11 bits per heavy atom. The highest BCUT2D eigenvalue weighted by Crippen LogP contribution is 2.33. The van der Waals surface area contributed by atoms with Crippen LogP contribution in [0.25, 0.3) is 11.5 Å². The van der Waals surface area contributed by atoms with Crippen molar-refractivity contribution < 1.29 is 27.5 Å². The molecule has 1 heterocycles. The van der Waals surface area contributed by atoms with Gasteiger partial charge in [-0.25, -0.2) is 22.9 Å².